The van der Waals surface area contributed by atoms with Gasteiger partial charge in [-0.25, -0.2) is 0 Å². The minimum atomic E-state index is -0.281. The largest absolute Gasteiger partial charge is 0.394 e. The Morgan fingerprint density at radius 1 is 1.53 bits per heavy atom. The van der Waals surface area contributed by atoms with Crippen molar-refractivity contribution in [3.63, 3.8) is 0 Å². The summed E-state index contributed by atoms with van der Waals surface area (Å²) in [4.78, 5) is 11.8. The van der Waals surface area contributed by atoms with Gasteiger partial charge in [-0.2, -0.15) is 0 Å². The minimum Gasteiger partial charge on any atom is -0.394 e. The molecule has 1 aromatic heterocycles. The smallest absolute Gasteiger partial charge is 0.273 e. The van der Waals surface area contributed by atoms with E-state index in [1.165, 1.54) is 32.1 Å². The highest BCUT2D eigenvalue weighted by atomic mass is 16.3. The van der Waals surface area contributed by atoms with Crippen LogP contribution in [-0.4, -0.2) is 38.7 Å². The summed E-state index contributed by atoms with van der Waals surface area (Å²) in [6.07, 6.45) is 8.09. The molecule has 0 saturated heterocycles. The number of aromatic nitrogens is 3. The Balaban J connectivity index is 1.89. The van der Waals surface area contributed by atoms with Crippen molar-refractivity contribution >= 4 is 5.91 Å². The highest BCUT2D eigenvalue weighted by Gasteiger charge is 2.17. The van der Waals surface area contributed by atoms with Gasteiger partial charge in [0, 0.05) is 12.6 Å². The lowest BCUT2D eigenvalue weighted by Crippen LogP contribution is -2.35. The van der Waals surface area contributed by atoms with Crippen molar-refractivity contribution < 1.29 is 9.90 Å². The third kappa shape index (κ3) is 4.02. The number of aliphatic hydroxyl groups excluding tert-OH is 1. The first kappa shape index (κ1) is 14.0. The summed E-state index contributed by atoms with van der Waals surface area (Å²) in [5.41, 5.74) is 0.316. The predicted molar refractivity (Wildman–Crippen MR) is 70.6 cm³/mol. The summed E-state index contributed by atoms with van der Waals surface area (Å²) in [6, 6.07) is -0.268. The van der Waals surface area contributed by atoms with E-state index >= 15 is 0 Å². The van der Waals surface area contributed by atoms with Gasteiger partial charge in [0.1, 0.15) is 0 Å². The quantitative estimate of drug-likeness (QED) is 0.832. The molecule has 2 rings (SSSR count). The number of nitrogens with one attached hydrogen (secondary N) is 1. The van der Waals surface area contributed by atoms with Gasteiger partial charge in [0.2, 0.25) is 0 Å². The van der Waals surface area contributed by atoms with Gasteiger partial charge in [-0.3, -0.25) is 9.48 Å². The van der Waals surface area contributed by atoms with E-state index in [-0.39, 0.29) is 18.6 Å². The first-order chi connectivity index (χ1) is 9.19. The van der Waals surface area contributed by atoms with Crippen LogP contribution in [-0.2, 0) is 6.54 Å². The zero-order valence-electron chi connectivity index (χ0n) is 11.4. The third-order valence-corrected chi connectivity index (χ3v) is 3.59. The number of carbonyl (C=O) groups is 1. The van der Waals surface area contributed by atoms with Gasteiger partial charge in [0.15, 0.2) is 5.69 Å². The summed E-state index contributed by atoms with van der Waals surface area (Å²) in [5.74, 6) is 0.374. The topological polar surface area (TPSA) is 80.0 Å². The molecule has 1 unspecified atom stereocenters. The second-order valence-corrected chi connectivity index (χ2v) is 5.39. The molecule has 0 spiro atoms. The second-order valence-electron chi connectivity index (χ2n) is 5.39. The number of carbonyl (C=O) groups excluding carboxylic acids is 1. The first-order valence-corrected chi connectivity index (χ1v) is 7.01. The maximum atomic E-state index is 11.8. The Labute approximate surface area is 113 Å². The van der Waals surface area contributed by atoms with Gasteiger partial charge in [-0.15, -0.1) is 5.10 Å². The van der Waals surface area contributed by atoms with E-state index in [0.717, 1.165) is 6.54 Å². The lowest BCUT2D eigenvalue weighted by molar-refractivity contribution is 0.0917. The van der Waals surface area contributed by atoms with Crippen LogP contribution >= 0.6 is 0 Å². The zero-order valence-corrected chi connectivity index (χ0v) is 11.4. The number of rotatable bonds is 5. The highest BCUT2D eigenvalue weighted by molar-refractivity contribution is 5.92. The number of hydrogen-bond donors (Lipinski definition) is 2. The molecule has 0 aromatic carbocycles. The minimum absolute atomic E-state index is 0.0814. The van der Waals surface area contributed by atoms with Gasteiger partial charge in [0.05, 0.1) is 12.8 Å². The van der Waals surface area contributed by atoms with E-state index in [1.54, 1.807) is 17.8 Å². The van der Waals surface area contributed by atoms with Gasteiger partial charge in [0.25, 0.3) is 5.91 Å². The Morgan fingerprint density at radius 3 is 2.95 bits per heavy atom. The van der Waals surface area contributed by atoms with Crippen molar-refractivity contribution in [1.29, 1.82) is 0 Å². The maximum absolute atomic E-state index is 11.8. The average molecular weight is 266 g/mol. The summed E-state index contributed by atoms with van der Waals surface area (Å²) < 4.78 is 1.76. The van der Waals surface area contributed by atoms with Crippen molar-refractivity contribution in [1.82, 2.24) is 20.3 Å². The van der Waals surface area contributed by atoms with Crippen LogP contribution in [0.2, 0.25) is 0 Å². The van der Waals surface area contributed by atoms with Gasteiger partial charge in [-0.05, 0) is 25.7 Å². The van der Waals surface area contributed by atoms with E-state index in [9.17, 15) is 4.79 Å². The molecule has 6 heteroatoms. The fourth-order valence-electron chi connectivity index (χ4n) is 2.47. The fraction of sp³-hybridized carbons (Fsp3) is 0.769. The molecule has 2 N–H and O–H groups in total. The summed E-state index contributed by atoms with van der Waals surface area (Å²) >= 11 is 0. The molecule has 1 aliphatic carbocycles. The molecular weight excluding hydrogens is 244 g/mol. The number of aliphatic hydroxyl groups is 1. The van der Waals surface area contributed by atoms with E-state index in [1.807, 2.05) is 0 Å². The molecule has 1 saturated carbocycles. The SMILES string of the molecule is CC(CO)NC(=O)c1cn(CC2CCCCC2)nn1. The van der Waals surface area contributed by atoms with Crippen LogP contribution in [0.3, 0.4) is 0 Å². The van der Waals surface area contributed by atoms with E-state index < -0.39 is 0 Å². The molecule has 19 heavy (non-hydrogen) atoms. The lowest BCUT2D eigenvalue weighted by Gasteiger charge is -2.20. The molecule has 0 bridgehead atoms. The second kappa shape index (κ2) is 6.65. The van der Waals surface area contributed by atoms with Crippen LogP contribution in [0.4, 0.5) is 0 Å². The molecule has 1 aromatic rings. The molecule has 1 heterocycles. The van der Waals surface area contributed by atoms with Crippen LogP contribution in [0.25, 0.3) is 0 Å². The van der Waals surface area contributed by atoms with E-state index in [4.69, 9.17) is 5.11 Å². The molecule has 1 amide bonds. The van der Waals surface area contributed by atoms with Crippen LogP contribution in [0.5, 0.6) is 0 Å². The molecule has 1 fully saturated rings. The van der Waals surface area contributed by atoms with Crippen molar-refractivity contribution in [2.24, 2.45) is 5.92 Å². The fourth-order valence-corrected chi connectivity index (χ4v) is 2.47. The van der Waals surface area contributed by atoms with Crippen LogP contribution in [0.1, 0.15) is 49.5 Å². The molecule has 0 radical (unpaired) electrons. The van der Waals surface area contributed by atoms with Crippen molar-refractivity contribution in [2.45, 2.75) is 51.6 Å². The normalized spacial score (nSPS) is 18.2. The van der Waals surface area contributed by atoms with Crippen LogP contribution < -0.4 is 5.32 Å². The Morgan fingerprint density at radius 2 is 2.26 bits per heavy atom. The zero-order chi connectivity index (χ0) is 13.7. The molecule has 0 aliphatic heterocycles. The van der Waals surface area contributed by atoms with E-state index in [2.05, 4.69) is 15.6 Å². The third-order valence-electron chi connectivity index (χ3n) is 3.59. The average Bonchev–Trinajstić information content (AvgIpc) is 2.88. The molecular formula is C13H22N4O2. The number of nitrogens with zero attached hydrogens (tertiary/aromatic N) is 3. The summed E-state index contributed by atoms with van der Waals surface area (Å²) in [5, 5.41) is 19.5. The van der Waals surface area contributed by atoms with Crippen LogP contribution in [0.15, 0.2) is 6.20 Å². The standard InChI is InChI=1S/C13H22N4O2/c1-10(9-18)14-13(19)12-8-17(16-15-12)7-11-5-3-2-4-6-11/h8,10-11,18H,2-7,9H2,1H3,(H,14,19). The highest BCUT2D eigenvalue weighted by Crippen LogP contribution is 2.24. The van der Waals surface area contributed by atoms with Gasteiger partial charge >= 0.3 is 0 Å². The lowest BCUT2D eigenvalue weighted by atomic mass is 9.89. The number of amides is 1. The van der Waals surface area contributed by atoms with E-state index in [0.29, 0.717) is 11.6 Å². The van der Waals surface area contributed by atoms with Crippen LogP contribution in [0, 0.1) is 5.92 Å². The predicted octanol–water partition coefficient (Wildman–Crippen LogP) is 0.969. The maximum Gasteiger partial charge on any atom is 0.273 e. The Hall–Kier alpha value is -1.43. The summed E-state index contributed by atoms with van der Waals surface area (Å²) in [6.45, 7) is 2.50. The molecule has 1 atom stereocenters. The molecule has 6 nitrogen and oxygen atoms in total. The molecule has 1 aliphatic rings. The first-order valence-electron chi connectivity index (χ1n) is 7.01. The monoisotopic (exact) mass is 266 g/mol. The number of hydrogen-bond acceptors (Lipinski definition) is 4. The Bertz CT molecular complexity index is 413. The van der Waals surface area contributed by atoms with Crippen molar-refractivity contribution in [2.75, 3.05) is 6.61 Å². The molecule has 106 valence electrons. The van der Waals surface area contributed by atoms with Gasteiger partial charge < -0.3 is 10.4 Å². The summed E-state index contributed by atoms with van der Waals surface area (Å²) in [7, 11) is 0. The van der Waals surface area contributed by atoms with Crippen molar-refractivity contribution in [3.8, 4) is 0 Å². The van der Waals surface area contributed by atoms with Gasteiger partial charge in [-0.1, -0.05) is 24.5 Å². The van der Waals surface area contributed by atoms with Crippen molar-refractivity contribution in [3.05, 3.63) is 11.9 Å². The Kier molecular flexibility index (Phi) is 4.90.